The van der Waals surface area contributed by atoms with E-state index in [0.29, 0.717) is 15.9 Å². The van der Waals surface area contributed by atoms with Crippen molar-refractivity contribution in [1.29, 1.82) is 0 Å². The third-order valence-electron chi connectivity index (χ3n) is 2.59. The summed E-state index contributed by atoms with van der Waals surface area (Å²) in [5.74, 6) is 0.359. The molecule has 0 bridgehead atoms. The molecule has 0 fully saturated rings. The van der Waals surface area contributed by atoms with Gasteiger partial charge in [-0.05, 0) is 18.2 Å². The fourth-order valence-corrected chi connectivity index (χ4v) is 2.30. The summed E-state index contributed by atoms with van der Waals surface area (Å²) in [6.45, 7) is -0.0152. The molecule has 2 rings (SSSR count). The molecule has 0 atom stereocenters. The van der Waals surface area contributed by atoms with Gasteiger partial charge in [-0.1, -0.05) is 17.7 Å². The zero-order valence-corrected chi connectivity index (χ0v) is 12.6. The average molecular weight is 315 g/mol. The number of pyridine rings is 1. The van der Waals surface area contributed by atoms with Crippen LogP contribution in [-0.4, -0.2) is 39.1 Å². The van der Waals surface area contributed by atoms with E-state index < -0.39 is 9.84 Å². The maximum atomic E-state index is 11.1. The summed E-state index contributed by atoms with van der Waals surface area (Å²) in [4.78, 5) is 4.27. The molecule has 1 radical (unpaired) electrons. The number of hydrogen-bond donors (Lipinski definition) is 0. The summed E-state index contributed by atoms with van der Waals surface area (Å²) in [5, 5.41) is 1.00. The lowest BCUT2D eigenvalue weighted by Gasteiger charge is -2.13. The number of hydrogen-bond acceptors (Lipinski definition) is 5. The van der Waals surface area contributed by atoms with E-state index in [9.17, 15) is 8.42 Å². The minimum atomic E-state index is -3.10. The SMILES string of the molecule is COc1nc2cc[c]cc2c(Cl)c1OCCS(C)(=O)=O. The Balaban J connectivity index is 2.38. The van der Waals surface area contributed by atoms with E-state index in [-0.39, 0.29) is 24.0 Å². The number of methoxy groups -OCH3 is 1. The van der Waals surface area contributed by atoms with Crippen LogP contribution in [0.15, 0.2) is 18.2 Å². The first-order chi connectivity index (χ1) is 9.42. The summed E-state index contributed by atoms with van der Waals surface area (Å²) < 4.78 is 32.8. The Kier molecular flexibility index (Phi) is 4.35. The van der Waals surface area contributed by atoms with Crippen LogP contribution in [0.5, 0.6) is 11.6 Å². The van der Waals surface area contributed by atoms with Crippen LogP contribution in [0.4, 0.5) is 0 Å². The van der Waals surface area contributed by atoms with Crippen molar-refractivity contribution in [1.82, 2.24) is 4.98 Å². The monoisotopic (exact) mass is 314 g/mol. The van der Waals surface area contributed by atoms with Crippen LogP contribution < -0.4 is 9.47 Å². The second-order valence-electron chi connectivity index (χ2n) is 4.19. The highest BCUT2D eigenvalue weighted by molar-refractivity contribution is 7.90. The van der Waals surface area contributed by atoms with Crippen molar-refractivity contribution in [3.63, 3.8) is 0 Å². The average Bonchev–Trinajstić information content (AvgIpc) is 2.40. The second-order valence-corrected chi connectivity index (χ2v) is 6.82. The maximum absolute atomic E-state index is 11.1. The van der Waals surface area contributed by atoms with E-state index in [1.54, 1.807) is 18.2 Å². The van der Waals surface area contributed by atoms with Gasteiger partial charge in [-0.3, -0.25) is 0 Å². The van der Waals surface area contributed by atoms with E-state index in [1.165, 1.54) is 7.11 Å². The van der Waals surface area contributed by atoms with E-state index >= 15 is 0 Å². The summed E-state index contributed by atoms with van der Waals surface area (Å²) in [6.07, 6.45) is 1.14. The third-order valence-corrected chi connectivity index (χ3v) is 3.87. The van der Waals surface area contributed by atoms with E-state index in [4.69, 9.17) is 21.1 Å². The van der Waals surface area contributed by atoms with Gasteiger partial charge in [-0.25, -0.2) is 13.4 Å². The van der Waals surface area contributed by atoms with Gasteiger partial charge in [0.1, 0.15) is 6.61 Å². The molecular weight excluding hydrogens is 302 g/mol. The van der Waals surface area contributed by atoms with E-state index in [0.717, 1.165) is 6.26 Å². The summed E-state index contributed by atoms with van der Waals surface area (Å²) in [5.41, 5.74) is 0.654. The number of ether oxygens (including phenoxy) is 2. The molecule has 0 saturated carbocycles. The minimum absolute atomic E-state index is 0.0152. The fourth-order valence-electron chi connectivity index (χ4n) is 1.63. The van der Waals surface area contributed by atoms with Gasteiger partial charge >= 0.3 is 0 Å². The molecule has 1 heterocycles. The van der Waals surface area contributed by atoms with Gasteiger partial charge < -0.3 is 9.47 Å². The summed E-state index contributed by atoms with van der Waals surface area (Å²) in [6, 6.07) is 8.06. The molecule has 1 aromatic carbocycles. The van der Waals surface area contributed by atoms with Gasteiger partial charge in [0.15, 0.2) is 9.84 Å². The summed E-state index contributed by atoms with van der Waals surface area (Å²) >= 11 is 6.26. The topological polar surface area (TPSA) is 65.5 Å². The molecule has 0 unspecified atom stereocenters. The van der Waals surface area contributed by atoms with Crippen molar-refractivity contribution in [2.45, 2.75) is 0 Å². The van der Waals surface area contributed by atoms with Crippen LogP contribution in [0.2, 0.25) is 5.02 Å². The Morgan fingerprint density at radius 2 is 2.20 bits per heavy atom. The lowest BCUT2D eigenvalue weighted by atomic mass is 10.2. The lowest BCUT2D eigenvalue weighted by Crippen LogP contribution is -2.13. The predicted molar refractivity (Wildman–Crippen MR) is 77.3 cm³/mol. The Morgan fingerprint density at radius 3 is 2.85 bits per heavy atom. The molecule has 0 aliphatic heterocycles. The molecule has 7 heteroatoms. The lowest BCUT2D eigenvalue weighted by molar-refractivity contribution is 0.306. The van der Waals surface area contributed by atoms with Crippen molar-refractivity contribution in [3.8, 4) is 11.6 Å². The number of aromatic nitrogens is 1. The summed E-state index contributed by atoms with van der Waals surface area (Å²) in [7, 11) is -1.66. The zero-order chi connectivity index (χ0) is 14.8. The number of rotatable bonds is 5. The highest BCUT2D eigenvalue weighted by Gasteiger charge is 2.16. The molecule has 0 aliphatic rings. The van der Waals surface area contributed by atoms with Crippen LogP contribution in [0.25, 0.3) is 10.9 Å². The standard InChI is InChI=1S/C13H13ClNO4S/c1-18-13-12(19-7-8-20(2,16)17)11(14)9-5-3-4-6-10(9)15-13/h4-6H,7-8H2,1-2H3. The Morgan fingerprint density at radius 1 is 1.45 bits per heavy atom. The van der Waals surface area contributed by atoms with Gasteiger partial charge in [0, 0.05) is 11.6 Å². The molecule has 0 saturated heterocycles. The first kappa shape index (κ1) is 14.9. The Hall–Kier alpha value is -1.53. The Labute approximate surface area is 122 Å². The van der Waals surface area contributed by atoms with Crippen LogP contribution >= 0.6 is 11.6 Å². The van der Waals surface area contributed by atoms with Crippen molar-refractivity contribution in [2.75, 3.05) is 25.7 Å². The zero-order valence-electron chi connectivity index (χ0n) is 11.0. The smallest absolute Gasteiger partial charge is 0.258 e. The quantitative estimate of drug-likeness (QED) is 0.845. The van der Waals surface area contributed by atoms with Crippen molar-refractivity contribution in [2.24, 2.45) is 0 Å². The first-order valence-corrected chi connectivity index (χ1v) is 8.20. The fraction of sp³-hybridized carbons (Fsp3) is 0.308. The largest absolute Gasteiger partial charge is 0.486 e. The first-order valence-electron chi connectivity index (χ1n) is 5.76. The molecule has 20 heavy (non-hydrogen) atoms. The molecule has 0 spiro atoms. The van der Waals surface area contributed by atoms with E-state index in [1.807, 2.05) is 0 Å². The number of benzene rings is 1. The van der Waals surface area contributed by atoms with Gasteiger partial charge in [0.05, 0.1) is 23.4 Å². The molecular formula is C13H13ClNO4S. The van der Waals surface area contributed by atoms with Crippen LogP contribution in [0.1, 0.15) is 0 Å². The number of fused-ring (bicyclic) bond motifs is 1. The van der Waals surface area contributed by atoms with Gasteiger partial charge in [0.2, 0.25) is 5.75 Å². The van der Waals surface area contributed by atoms with Crippen molar-refractivity contribution < 1.29 is 17.9 Å². The highest BCUT2D eigenvalue weighted by atomic mass is 35.5. The van der Waals surface area contributed by atoms with Gasteiger partial charge in [-0.15, -0.1) is 0 Å². The minimum Gasteiger partial charge on any atom is -0.486 e. The maximum Gasteiger partial charge on any atom is 0.258 e. The number of sulfone groups is 1. The molecule has 107 valence electrons. The highest BCUT2D eigenvalue weighted by Crippen LogP contribution is 2.38. The molecule has 2 aromatic rings. The molecule has 0 aliphatic carbocycles. The Bertz CT molecular complexity index is 730. The molecule has 0 N–H and O–H groups in total. The van der Waals surface area contributed by atoms with Crippen LogP contribution in [0.3, 0.4) is 0 Å². The normalized spacial score (nSPS) is 11.6. The van der Waals surface area contributed by atoms with E-state index in [2.05, 4.69) is 11.1 Å². The van der Waals surface area contributed by atoms with Crippen molar-refractivity contribution in [3.05, 3.63) is 29.3 Å². The third kappa shape index (κ3) is 3.32. The predicted octanol–water partition coefficient (Wildman–Crippen LogP) is 2.12. The number of nitrogens with zero attached hydrogens (tertiary/aromatic N) is 1. The van der Waals surface area contributed by atoms with Crippen LogP contribution in [0, 0.1) is 6.07 Å². The van der Waals surface area contributed by atoms with Crippen LogP contribution in [-0.2, 0) is 9.84 Å². The van der Waals surface area contributed by atoms with Gasteiger partial charge in [0.25, 0.3) is 5.88 Å². The molecule has 1 aromatic heterocycles. The second kappa shape index (κ2) is 5.85. The van der Waals surface area contributed by atoms with Gasteiger partial charge in [-0.2, -0.15) is 0 Å². The molecule has 5 nitrogen and oxygen atoms in total. The number of halogens is 1. The van der Waals surface area contributed by atoms with Crippen molar-refractivity contribution >= 4 is 32.3 Å². The molecule has 0 amide bonds.